The molecule has 2 rings (SSSR count). The van der Waals surface area contributed by atoms with Crippen LogP contribution in [-0.4, -0.2) is 25.6 Å². The zero-order valence-corrected chi connectivity index (χ0v) is 13.6. The van der Waals surface area contributed by atoms with E-state index in [1.807, 2.05) is 5.32 Å². The van der Waals surface area contributed by atoms with E-state index in [1.165, 1.54) is 13.2 Å². The first-order valence-electron chi connectivity index (χ1n) is 7.33. The van der Waals surface area contributed by atoms with Gasteiger partial charge in [0.15, 0.2) is 24.1 Å². The molecule has 0 bridgehead atoms. The Kier molecular flexibility index (Phi) is 6.37. The molecule has 0 saturated carbocycles. The summed E-state index contributed by atoms with van der Waals surface area (Å²) in [7, 11) is 1.53. The second kappa shape index (κ2) is 8.70. The van der Waals surface area contributed by atoms with Crippen LogP contribution in [0.4, 0.5) is 18.9 Å². The van der Waals surface area contributed by atoms with Crippen molar-refractivity contribution in [2.45, 2.75) is 0 Å². The van der Waals surface area contributed by atoms with Crippen LogP contribution in [0.1, 0.15) is 5.56 Å². The molecular formula is C18H14F3NO4. The Balaban J connectivity index is 1.85. The van der Waals surface area contributed by atoms with E-state index in [1.54, 1.807) is 24.3 Å². The van der Waals surface area contributed by atoms with Crippen molar-refractivity contribution in [1.29, 1.82) is 0 Å². The lowest BCUT2D eigenvalue weighted by Crippen LogP contribution is -2.21. The molecule has 0 atom stereocenters. The van der Waals surface area contributed by atoms with Crippen LogP contribution in [0.3, 0.4) is 0 Å². The van der Waals surface area contributed by atoms with Crippen LogP contribution in [-0.2, 0) is 14.3 Å². The zero-order valence-electron chi connectivity index (χ0n) is 13.6. The highest BCUT2D eigenvalue weighted by atomic mass is 19.2. The molecule has 136 valence electrons. The minimum absolute atomic E-state index is 0.557. The second-order valence-electron chi connectivity index (χ2n) is 4.99. The van der Waals surface area contributed by atoms with Gasteiger partial charge in [-0.2, -0.15) is 0 Å². The first kappa shape index (κ1) is 19.0. The van der Waals surface area contributed by atoms with E-state index in [4.69, 9.17) is 4.74 Å². The number of carbonyl (C=O) groups excluding carboxylic acids is 2. The number of amides is 1. The van der Waals surface area contributed by atoms with Gasteiger partial charge < -0.3 is 14.8 Å². The maximum Gasteiger partial charge on any atom is 0.331 e. The van der Waals surface area contributed by atoms with Crippen LogP contribution in [0, 0.1) is 17.5 Å². The van der Waals surface area contributed by atoms with E-state index in [2.05, 4.69) is 4.74 Å². The molecule has 26 heavy (non-hydrogen) atoms. The lowest BCUT2D eigenvalue weighted by atomic mass is 10.2. The number of methoxy groups -OCH3 is 1. The van der Waals surface area contributed by atoms with Crippen LogP contribution in [0.25, 0.3) is 6.08 Å². The fourth-order valence-electron chi connectivity index (χ4n) is 1.87. The minimum atomic E-state index is -1.71. The standard InChI is InChI=1S/C18H14F3NO4/c1-25-12-5-2-11(3-6-12)4-9-16(24)26-10-15(23)22-14-8-7-13(19)17(20)18(14)21/h2-9H,10H2,1H3,(H,22,23)/b9-4+. The van der Waals surface area contributed by atoms with Crippen molar-refractivity contribution in [3.05, 3.63) is 65.5 Å². The monoisotopic (exact) mass is 365 g/mol. The lowest BCUT2D eigenvalue weighted by Gasteiger charge is -2.07. The predicted molar refractivity (Wildman–Crippen MR) is 87.9 cm³/mol. The summed E-state index contributed by atoms with van der Waals surface area (Å²) < 4.78 is 49.0. The number of rotatable bonds is 6. The Morgan fingerprint density at radius 1 is 1.04 bits per heavy atom. The van der Waals surface area contributed by atoms with Gasteiger partial charge in [-0.25, -0.2) is 18.0 Å². The Morgan fingerprint density at radius 3 is 2.38 bits per heavy atom. The van der Waals surface area contributed by atoms with Crippen molar-refractivity contribution >= 4 is 23.6 Å². The Morgan fingerprint density at radius 2 is 1.73 bits per heavy atom. The van der Waals surface area contributed by atoms with Crippen molar-refractivity contribution in [3.8, 4) is 5.75 Å². The summed E-state index contributed by atoms with van der Waals surface area (Å²) in [6, 6.07) is 8.35. The van der Waals surface area contributed by atoms with Crippen LogP contribution < -0.4 is 10.1 Å². The van der Waals surface area contributed by atoms with Gasteiger partial charge in [0.25, 0.3) is 5.91 Å². The van der Waals surface area contributed by atoms with E-state index in [9.17, 15) is 22.8 Å². The van der Waals surface area contributed by atoms with Gasteiger partial charge in [0.05, 0.1) is 12.8 Å². The molecule has 0 aromatic heterocycles. The molecule has 0 unspecified atom stereocenters. The van der Waals surface area contributed by atoms with Gasteiger partial charge in [0.2, 0.25) is 0 Å². The summed E-state index contributed by atoms with van der Waals surface area (Å²) in [5.74, 6) is -5.67. The predicted octanol–water partition coefficient (Wildman–Crippen LogP) is 3.31. The van der Waals surface area contributed by atoms with Gasteiger partial charge in [0, 0.05) is 6.08 Å². The third kappa shape index (κ3) is 5.10. The number of carbonyl (C=O) groups is 2. The quantitative estimate of drug-likeness (QED) is 0.485. The van der Waals surface area contributed by atoms with Crippen molar-refractivity contribution in [1.82, 2.24) is 0 Å². The summed E-state index contributed by atoms with van der Waals surface area (Å²) in [6.45, 7) is -0.718. The molecule has 5 nitrogen and oxygen atoms in total. The van der Waals surface area contributed by atoms with Crippen LogP contribution >= 0.6 is 0 Å². The summed E-state index contributed by atoms with van der Waals surface area (Å²) in [6.07, 6.45) is 2.57. The van der Waals surface area contributed by atoms with Crippen LogP contribution in [0.15, 0.2) is 42.5 Å². The molecule has 2 aromatic rings. The van der Waals surface area contributed by atoms with Gasteiger partial charge in [-0.05, 0) is 35.9 Å². The average Bonchev–Trinajstić information content (AvgIpc) is 2.65. The third-order valence-electron chi connectivity index (χ3n) is 3.18. The highest BCUT2D eigenvalue weighted by molar-refractivity contribution is 5.94. The smallest absolute Gasteiger partial charge is 0.331 e. The minimum Gasteiger partial charge on any atom is -0.497 e. The molecule has 0 aliphatic carbocycles. The third-order valence-corrected chi connectivity index (χ3v) is 3.18. The lowest BCUT2D eigenvalue weighted by molar-refractivity contribution is -0.142. The maximum atomic E-state index is 13.4. The maximum absolute atomic E-state index is 13.4. The zero-order chi connectivity index (χ0) is 19.1. The fourth-order valence-corrected chi connectivity index (χ4v) is 1.87. The number of hydrogen-bond donors (Lipinski definition) is 1. The molecule has 1 amide bonds. The summed E-state index contributed by atoms with van der Waals surface area (Å²) in [5.41, 5.74) is 0.148. The van der Waals surface area contributed by atoms with Gasteiger partial charge in [0.1, 0.15) is 5.75 Å². The largest absolute Gasteiger partial charge is 0.497 e. The van der Waals surface area contributed by atoms with Crippen LogP contribution in [0.2, 0.25) is 0 Å². The highest BCUT2D eigenvalue weighted by Gasteiger charge is 2.15. The number of ether oxygens (including phenoxy) is 2. The molecule has 0 aliphatic rings. The molecule has 1 N–H and O–H groups in total. The summed E-state index contributed by atoms with van der Waals surface area (Å²) in [5, 5.41) is 1.98. The Labute approximate surface area is 147 Å². The summed E-state index contributed by atoms with van der Waals surface area (Å²) in [4.78, 5) is 23.2. The van der Waals surface area contributed by atoms with Crippen LogP contribution in [0.5, 0.6) is 5.75 Å². The van der Waals surface area contributed by atoms with E-state index < -0.39 is 41.6 Å². The topological polar surface area (TPSA) is 64.6 Å². The van der Waals surface area contributed by atoms with Crippen molar-refractivity contribution in [3.63, 3.8) is 0 Å². The van der Waals surface area contributed by atoms with Gasteiger partial charge >= 0.3 is 5.97 Å². The van der Waals surface area contributed by atoms with E-state index in [-0.39, 0.29) is 0 Å². The highest BCUT2D eigenvalue weighted by Crippen LogP contribution is 2.19. The Hall–Kier alpha value is -3.29. The normalized spacial score (nSPS) is 10.6. The molecule has 0 spiro atoms. The van der Waals surface area contributed by atoms with Gasteiger partial charge in [-0.15, -0.1) is 0 Å². The molecule has 8 heteroatoms. The number of hydrogen-bond acceptors (Lipinski definition) is 4. The molecule has 0 heterocycles. The first-order chi connectivity index (χ1) is 12.4. The van der Waals surface area contributed by atoms with Crippen molar-refractivity contribution < 1.29 is 32.2 Å². The van der Waals surface area contributed by atoms with Gasteiger partial charge in [-0.3, -0.25) is 4.79 Å². The SMILES string of the molecule is COc1ccc(/C=C/C(=O)OCC(=O)Nc2ccc(F)c(F)c2F)cc1. The van der Waals surface area contributed by atoms with E-state index >= 15 is 0 Å². The number of nitrogens with one attached hydrogen (secondary N) is 1. The first-order valence-corrected chi connectivity index (χ1v) is 7.33. The average molecular weight is 365 g/mol. The number of anilines is 1. The Bertz CT molecular complexity index is 835. The summed E-state index contributed by atoms with van der Waals surface area (Å²) >= 11 is 0. The fraction of sp³-hybridized carbons (Fsp3) is 0.111. The molecule has 0 saturated heterocycles. The number of halogens is 3. The van der Waals surface area contributed by atoms with Crippen molar-refractivity contribution in [2.75, 3.05) is 19.0 Å². The second-order valence-corrected chi connectivity index (χ2v) is 4.99. The molecule has 0 fully saturated rings. The molecule has 0 radical (unpaired) electrons. The number of benzene rings is 2. The van der Waals surface area contributed by atoms with Gasteiger partial charge in [-0.1, -0.05) is 12.1 Å². The van der Waals surface area contributed by atoms with E-state index in [0.717, 1.165) is 12.1 Å². The van der Waals surface area contributed by atoms with E-state index in [0.29, 0.717) is 17.4 Å². The molecule has 0 aliphatic heterocycles. The van der Waals surface area contributed by atoms with Crippen molar-refractivity contribution in [2.24, 2.45) is 0 Å². The molecular weight excluding hydrogens is 351 g/mol. The number of esters is 1. The molecule has 2 aromatic carbocycles.